The monoisotopic (exact) mass is 413 g/mol. The smallest absolute Gasteiger partial charge is 0.347 e. The summed E-state index contributed by atoms with van der Waals surface area (Å²) in [6, 6.07) is 16.4. The molecule has 2 fully saturated rings. The first kappa shape index (κ1) is 18.2. The van der Waals surface area contributed by atoms with Crippen molar-refractivity contribution in [2.24, 2.45) is 11.8 Å². The summed E-state index contributed by atoms with van der Waals surface area (Å²) < 4.78 is 1.64. The Morgan fingerprint density at radius 2 is 1.81 bits per heavy atom. The van der Waals surface area contributed by atoms with E-state index in [-0.39, 0.29) is 11.6 Å². The molecule has 3 heterocycles. The summed E-state index contributed by atoms with van der Waals surface area (Å²) in [6.07, 6.45) is 4.69. The fourth-order valence-corrected chi connectivity index (χ4v) is 4.49. The van der Waals surface area contributed by atoms with Gasteiger partial charge in [-0.3, -0.25) is 4.79 Å². The molecule has 0 atom stereocenters. The fraction of sp³-hybridized carbons (Fsp3) is 0.292. The molecule has 0 unspecified atom stereocenters. The third-order valence-corrected chi connectivity index (χ3v) is 6.42. The average molecular weight is 413 g/mol. The average Bonchev–Trinajstić information content (AvgIpc) is 3.40. The van der Waals surface area contributed by atoms with Crippen molar-refractivity contribution in [3.63, 3.8) is 0 Å². The molecule has 6 rings (SSSR count). The van der Waals surface area contributed by atoms with Crippen molar-refractivity contribution < 1.29 is 4.79 Å². The van der Waals surface area contributed by atoms with Crippen LogP contribution in [0.15, 0.2) is 59.5 Å². The molecule has 156 valence electrons. The van der Waals surface area contributed by atoms with Gasteiger partial charge in [0.1, 0.15) is 5.82 Å². The van der Waals surface area contributed by atoms with E-state index in [0.29, 0.717) is 24.1 Å². The number of nitrogens with zero attached hydrogens (tertiary/aromatic N) is 3. The molecule has 2 aliphatic rings. The normalized spacial score (nSPS) is 16.6. The Balaban J connectivity index is 1.21. The summed E-state index contributed by atoms with van der Waals surface area (Å²) in [7, 11) is 0. The predicted molar refractivity (Wildman–Crippen MR) is 118 cm³/mol. The zero-order valence-corrected chi connectivity index (χ0v) is 17.0. The predicted octanol–water partition coefficient (Wildman–Crippen LogP) is 3.12. The molecule has 2 aromatic heterocycles. The highest BCUT2D eigenvalue weighted by Crippen LogP contribution is 2.34. The lowest BCUT2D eigenvalue weighted by molar-refractivity contribution is -0.138. The number of amides is 1. The summed E-state index contributed by atoms with van der Waals surface area (Å²) >= 11 is 0. The largest absolute Gasteiger partial charge is 0.361 e. The molecule has 31 heavy (non-hydrogen) atoms. The van der Waals surface area contributed by atoms with E-state index in [1.54, 1.807) is 4.57 Å². The van der Waals surface area contributed by atoms with Crippen LogP contribution in [-0.4, -0.2) is 43.6 Å². The van der Waals surface area contributed by atoms with Crippen LogP contribution < -0.4 is 5.69 Å². The topological polar surface area (TPSA) is 86.8 Å². The molecule has 1 amide bonds. The Morgan fingerprint density at radius 3 is 2.58 bits per heavy atom. The van der Waals surface area contributed by atoms with E-state index in [4.69, 9.17) is 0 Å². The van der Waals surface area contributed by atoms with Crippen molar-refractivity contribution in [2.45, 2.75) is 19.3 Å². The third kappa shape index (κ3) is 3.26. The number of hydrogen-bond donors (Lipinski definition) is 2. The zero-order chi connectivity index (χ0) is 20.9. The quantitative estimate of drug-likeness (QED) is 0.527. The molecule has 1 saturated carbocycles. The van der Waals surface area contributed by atoms with Crippen molar-refractivity contribution in [2.75, 3.05) is 13.1 Å². The Hall–Kier alpha value is -3.61. The van der Waals surface area contributed by atoms with Crippen LogP contribution in [0.1, 0.15) is 18.7 Å². The number of carbonyl (C=O) groups excluding carboxylic acids is 1. The minimum absolute atomic E-state index is 0.235. The van der Waals surface area contributed by atoms with Gasteiger partial charge in [-0.2, -0.15) is 5.10 Å². The lowest BCUT2D eigenvalue weighted by Gasteiger charge is -2.39. The zero-order valence-electron chi connectivity index (χ0n) is 17.0. The number of aromatic nitrogens is 4. The van der Waals surface area contributed by atoms with Crippen molar-refractivity contribution in [1.29, 1.82) is 0 Å². The summed E-state index contributed by atoms with van der Waals surface area (Å²) in [6.45, 7) is 1.52. The number of aromatic amines is 2. The number of likely N-dealkylation sites (tertiary alicyclic amines) is 1. The number of nitrogens with one attached hydrogen (secondary N) is 2. The summed E-state index contributed by atoms with van der Waals surface area (Å²) in [5.74, 6) is 1.63. The molecule has 7 nitrogen and oxygen atoms in total. The van der Waals surface area contributed by atoms with E-state index < -0.39 is 0 Å². The van der Waals surface area contributed by atoms with Crippen LogP contribution in [0, 0.1) is 11.8 Å². The van der Waals surface area contributed by atoms with Gasteiger partial charge in [-0.15, -0.1) is 0 Å². The van der Waals surface area contributed by atoms with Gasteiger partial charge in [-0.25, -0.2) is 14.5 Å². The van der Waals surface area contributed by atoms with Gasteiger partial charge in [0.2, 0.25) is 5.91 Å². The van der Waals surface area contributed by atoms with Crippen molar-refractivity contribution in [3.05, 3.63) is 71.0 Å². The third-order valence-electron chi connectivity index (χ3n) is 6.42. The Kier molecular flexibility index (Phi) is 4.09. The number of rotatable bonds is 5. The maximum absolute atomic E-state index is 12.4. The second kappa shape index (κ2) is 6.97. The lowest BCUT2D eigenvalue weighted by Crippen LogP contribution is -2.51. The maximum atomic E-state index is 12.4. The highest BCUT2D eigenvalue weighted by atomic mass is 16.2. The minimum atomic E-state index is -0.235. The van der Waals surface area contributed by atoms with Crippen LogP contribution in [-0.2, 0) is 11.2 Å². The molecule has 2 N–H and O–H groups in total. The van der Waals surface area contributed by atoms with Crippen LogP contribution >= 0.6 is 0 Å². The number of H-pyrrole nitrogens is 2. The Labute approximate surface area is 178 Å². The first-order valence-corrected chi connectivity index (χ1v) is 10.8. The van der Waals surface area contributed by atoms with Crippen LogP contribution in [0.3, 0.4) is 0 Å². The molecule has 2 aromatic carbocycles. The van der Waals surface area contributed by atoms with Gasteiger partial charge in [0.15, 0.2) is 0 Å². The van der Waals surface area contributed by atoms with Crippen molar-refractivity contribution in [1.82, 2.24) is 24.6 Å². The molecule has 4 aromatic rings. The highest BCUT2D eigenvalue weighted by Gasteiger charge is 2.39. The SMILES string of the molecule is O=C(C1CC1)N1CC(Cc2n[nH]c(=O)n2-c2ccc(-c3ccc4cc[nH]c4c3)cc2)C1. The van der Waals surface area contributed by atoms with Gasteiger partial charge in [0, 0.05) is 43.1 Å². The molecule has 0 bridgehead atoms. The second-order valence-corrected chi connectivity index (χ2v) is 8.69. The molecule has 1 aliphatic carbocycles. The molecule has 7 heteroatoms. The van der Waals surface area contributed by atoms with Gasteiger partial charge < -0.3 is 9.88 Å². The summed E-state index contributed by atoms with van der Waals surface area (Å²) in [4.78, 5) is 29.8. The molecular formula is C24H23N5O2. The Bertz CT molecular complexity index is 1320. The van der Waals surface area contributed by atoms with Gasteiger partial charge in [-0.1, -0.05) is 24.3 Å². The Morgan fingerprint density at radius 1 is 1.03 bits per heavy atom. The second-order valence-electron chi connectivity index (χ2n) is 8.69. The van der Waals surface area contributed by atoms with Crippen LogP contribution in [0.2, 0.25) is 0 Å². The van der Waals surface area contributed by atoms with Gasteiger partial charge in [0.05, 0.1) is 5.69 Å². The number of fused-ring (bicyclic) bond motifs is 1. The van der Waals surface area contributed by atoms with E-state index in [9.17, 15) is 9.59 Å². The van der Waals surface area contributed by atoms with Gasteiger partial charge >= 0.3 is 5.69 Å². The van der Waals surface area contributed by atoms with Crippen LogP contribution in [0.5, 0.6) is 0 Å². The molecule has 1 aliphatic heterocycles. The molecular weight excluding hydrogens is 390 g/mol. The highest BCUT2D eigenvalue weighted by molar-refractivity contribution is 5.85. The number of benzene rings is 2. The van der Waals surface area contributed by atoms with E-state index in [1.165, 1.54) is 5.39 Å². The summed E-state index contributed by atoms with van der Waals surface area (Å²) in [5, 5.41) is 8.03. The van der Waals surface area contributed by atoms with Gasteiger partial charge in [-0.05, 0) is 53.6 Å². The maximum Gasteiger partial charge on any atom is 0.347 e. The number of carbonyl (C=O) groups is 1. The first-order valence-electron chi connectivity index (χ1n) is 10.8. The van der Waals surface area contributed by atoms with E-state index in [1.807, 2.05) is 35.4 Å². The van der Waals surface area contributed by atoms with Gasteiger partial charge in [0.25, 0.3) is 0 Å². The van der Waals surface area contributed by atoms with E-state index >= 15 is 0 Å². The minimum Gasteiger partial charge on any atom is -0.361 e. The standard InChI is InChI=1S/C24H23N5O2/c30-23(18-2-3-18)28-13-15(14-28)11-22-26-27-24(31)29(22)20-7-5-16(6-8-20)19-4-1-17-9-10-25-21(17)12-19/h1,4-10,12,15,18,25H,2-3,11,13-14H2,(H,27,31). The van der Waals surface area contributed by atoms with Crippen LogP contribution in [0.25, 0.3) is 27.7 Å². The van der Waals surface area contributed by atoms with E-state index in [0.717, 1.165) is 48.3 Å². The molecule has 1 saturated heterocycles. The van der Waals surface area contributed by atoms with E-state index in [2.05, 4.69) is 39.4 Å². The molecule has 0 spiro atoms. The van der Waals surface area contributed by atoms with Crippen LogP contribution in [0.4, 0.5) is 0 Å². The summed E-state index contributed by atoms with van der Waals surface area (Å²) in [5.41, 5.74) is 3.87. The lowest BCUT2D eigenvalue weighted by atomic mass is 9.95. The van der Waals surface area contributed by atoms with Crippen molar-refractivity contribution in [3.8, 4) is 16.8 Å². The fourth-order valence-electron chi connectivity index (χ4n) is 4.49. The molecule has 0 radical (unpaired) electrons. The first-order chi connectivity index (χ1) is 15.2. The number of hydrogen-bond acceptors (Lipinski definition) is 3. The van der Waals surface area contributed by atoms with Crippen molar-refractivity contribution >= 4 is 16.8 Å².